The fourth-order valence-corrected chi connectivity index (χ4v) is 4.45. The first-order valence-electron chi connectivity index (χ1n) is 10.0. The highest BCUT2D eigenvalue weighted by Gasteiger charge is 2.24. The summed E-state index contributed by atoms with van der Waals surface area (Å²) in [6.45, 7) is 2.36. The number of ether oxygens (including phenoxy) is 2. The summed E-state index contributed by atoms with van der Waals surface area (Å²) in [5.41, 5.74) is 3.66. The van der Waals surface area contributed by atoms with Crippen LogP contribution in [-0.2, 0) is 11.4 Å². The van der Waals surface area contributed by atoms with E-state index in [9.17, 15) is 4.79 Å². The van der Waals surface area contributed by atoms with E-state index in [1.807, 2.05) is 55.5 Å². The maximum atomic E-state index is 12.4. The van der Waals surface area contributed by atoms with Crippen LogP contribution in [0, 0.1) is 6.92 Å². The van der Waals surface area contributed by atoms with E-state index in [0.29, 0.717) is 33.2 Å². The highest BCUT2D eigenvalue weighted by atomic mass is 79.9. The number of methoxy groups -OCH3 is 1. The van der Waals surface area contributed by atoms with Crippen LogP contribution in [0.15, 0.2) is 75.0 Å². The predicted octanol–water partition coefficient (Wildman–Crippen LogP) is 6.89. The number of aliphatic imine (C=N–C) groups is 1. The van der Waals surface area contributed by atoms with E-state index in [-0.39, 0.29) is 5.91 Å². The summed E-state index contributed by atoms with van der Waals surface area (Å²) >= 11 is 11.2. The summed E-state index contributed by atoms with van der Waals surface area (Å²) < 4.78 is 12.4. The molecule has 1 N–H and O–H groups in total. The van der Waals surface area contributed by atoms with E-state index in [1.54, 1.807) is 25.3 Å². The molecule has 5 nitrogen and oxygen atoms in total. The van der Waals surface area contributed by atoms with E-state index in [2.05, 4.69) is 26.2 Å². The number of carbonyl (C=O) groups is 1. The smallest absolute Gasteiger partial charge is 0.264 e. The zero-order valence-corrected chi connectivity index (χ0v) is 21.1. The minimum atomic E-state index is -0.212. The van der Waals surface area contributed by atoms with Crippen LogP contribution in [0.3, 0.4) is 0 Å². The molecule has 0 saturated carbocycles. The number of rotatable bonds is 6. The number of hydrogen-bond donors (Lipinski definition) is 1. The van der Waals surface area contributed by atoms with Gasteiger partial charge in [-0.2, -0.15) is 0 Å². The standard InChI is InChI=1S/C25H20BrClN2O3S/c1-15-3-9-19(10-4-15)28-25-29-24(30)22(33-25)13-17-11-20(27)23(21(12-17)31-2)32-14-16-5-7-18(26)8-6-16/h3-13H,14H2,1-2H3,(H,28,29,30)/b22-13-. The van der Waals surface area contributed by atoms with Gasteiger partial charge in [0.25, 0.3) is 5.91 Å². The third-order valence-corrected chi connectivity index (χ3v) is 6.48. The normalized spacial score (nSPS) is 15.7. The fourth-order valence-electron chi connectivity index (χ4n) is 3.07. The topological polar surface area (TPSA) is 59.9 Å². The predicted molar refractivity (Wildman–Crippen MR) is 138 cm³/mol. The number of carbonyl (C=O) groups excluding carboxylic acids is 1. The van der Waals surface area contributed by atoms with Crippen molar-refractivity contribution in [2.45, 2.75) is 13.5 Å². The number of aryl methyl sites for hydroxylation is 1. The lowest BCUT2D eigenvalue weighted by Gasteiger charge is -2.13. The molecule has 1 heterocycles. The molecular formula is C25H20BrClN2O3S. The van der Waals surface area contributed by atoms with Crippen molar-refractivity contribution in [3.8, 4) is 11.5 Å². The molecule has 0 spiro atoms. The molecule has 33 heavy (non-hydrogen) atoms. The van der Waals surface area contributed by atoms with Gasteiger partial charge >= 0.3 is 0 Å². The van der Waals surface area contributed by atoms with Crippen LogP contribution in [0.25, 0.3) is 6.08 Å². The van der Waals surface area contributed by atoms with Crippen LogP contribution in [0.4, 0.5) is 5.69 Å². The van der Waals surface area contributed by atoms with Crippen LogP contribution in [0.2, 0.25) is 5.02 Å². The van der Waals surface area contributed by atoms with E-state index >= 15 is 0 Å². The van der Waals surface area contributed by atoms with Gasteiger partial charge in [-0.25, -0.2) is 4.99 Å². The highest BCUT2D eigenvalue weighted by Crippen LogP contribution is 2.38. The minimum Gasteiger partial charge on any atom is -0.493 e. The highest BCUT2D eigenvalue weighted by molar-refractivity contribution is 9.10. The van der Waals surface area contributed by atoms with Gasteiger partial charge in [0.1, 0.15) is 6.61 Å². The summed E-state index contributed by atoms with van der Waals surface area (Å²) in [5, 5.41) is 3.73. The van der Waals surface area contributed by atoms with Gasteiger partial charge in [0.05, 0.1) is 22.7 Å². The van der Waals surface area contributed by atoms with E-state index in [4.69, 9.17) is 21.1 Å². The van der Waals surface area contributed by atoms with Gasteiger partial charge in [0.15, 0.2) is 16.7 Å². The largest absolute Gasteiger partial charge is 0.493 e. The molecule has 0 atom stereocenters. The Morgan fingerprint density at radius 2 is 1.85 bits per heavy atom. The van der Waals surface area contributed by atoms with Crippen molar-refractivity contribution in [3.63, 3.8) is 0 Å². The van der Waals surface area contributed by atoms with Crippen LogP contribution < -0.4 is 14.8 Å². The molecule has 1 aliphatic rings. The first-order chi connectivity index (χ1) is 15.9. The second-order valence-corrected chi connectivity index (χ2v) is 9.62. The number of nitrogens with zero attached hydrogens (tertiary/aromatic N) is 1. The Kier molecular flexibility index (Phi) is 7.42. The second-order valence-electron chi connectivity index (χ2n) is 7.27. The van der Waals surface area contributed by atoms with Gasteiger partial charge in [-0.15, -0.1) is 0 Å². The lowest BCUT2D eigenvalue weighted by Crippen LogP contribution is -2.19. The Labute approximate surface area is 210 Å². The molecule has 1 saturated heterocycles. The quantitative estimate of drug-likeness (QED) is 0.344. The number of hydrogen-bond acceptors (Lipinski definition) is 5. The van der Waals surface area contributed by atoms with Crippen LogP contribution in [0.1, 0.15) is 16.7 Å². The maximum Gasteiger partial charge on any atom is 0.264 e. The maximum absolute atomic E-state index is 12.4. The number of benzene rings is 3. The summed E-state index contributed by atoms with van der Waals surface area (Å²) in [6, 6.07) is 19.2. The Bertz CT molecular complexity index is 1240. The lowest BCUT2D eigenvalue weighted by atomic mass is 10.1. The van der Waals surface area contributed by atoms with Crippen molar-refractivity contribution in [3.05, 3.63) is 91.8 Å². The average Bonchev–Trinajstić information content (AvgIpc) is 3.13. The molecule has 1 amide bonds. The van der Waals surface area contributed by atoms with E-state index in [1.165, 1.54) is 11.8 Å². The third-order valence-electron chi connectivity index (χ3n) is 4.76. The zero-order chi connectivity index (χ0) is 23.4. The SMILES string of the molecule is COc1cc(/C=C2\SC(=Nc3ccc(C)cc3)NC2=O)cc(Cl)c1OCc1ccc(Br)cc1. The van der Waals surface area contributed by atoms with Gasteiger partial charge in [0.2, 0.25) is 0 Å². The van der Waals surface area contributed by atoms with Crippen LogP contribution >= 0.6 is 39.3 Å². The molecule has 0 bridgehead atoms. The van der Waals surface area contributed by atoms with E-state index < -0.39 is 0 Å². The third kappa shape index (κ3) is 5.99. The monoisotopic (exact) mass is 542 g/mol. The fraction of sp³-hybridized carbons (Fsp3) is 0.120. The molecule has 3 aromatic carbocycles. The van der Waals surface area contributed by atoms with Gasteiger partial charge in [-0.05, 0) is 72.3 Å². The van der Waals surface area contributed by atoms with Crippen LogP contribution in [-0.4, -0.2) is 18.2 Å². The number of amidine groups is 1. The lowest BCUT2D eigenvalue weighted by molar-refractivity contribution is -0.115. The molecule has 1 fully saturated rings. The summed E-state index contributed by atoms with van der Waals surface area (Å²) in [6.07, 6.45) is 1.75. The van der Waals surface area contributed by atoms with Crippen molar-refractivity contribution in [1.29, 1.82) is 0 Å². The Balaban J connectivity index is 1.52. The molecule has 8 heteroatoms. The van der Waals surface area contributed by atoms with Crippen molar-refractivity contribution >= 4 is 62.1 Å². The van der Waals surface area contributed by atoms with Crippen molar-refractivity contribution in [2.75, 3.05) is 7.11 Å². The van der Waals surface area contributed by atoms with Gasteiger partial charge in [0, 0.05) is 4.47 Å². The Hall–Kier alpha value is -2.74. The molecule has 0 unspecified atom stereocenters. The van der Waals surface area contributed by atoms with Crippen molar-refractivity contribution < 1.29 is 14.3 Å². The number of nitrogens with one attached hydrogen (secondary N) is 1. The molecule has 3 aromatic rings. The van der Waals surface area contributed by atoms with Crippen molar-refractivity contribution in [2.24, 2.45) is 4.99 Å². The van der Waals surface area contributed by atoms with E-state index in [0.717, 1.165) is 26.9 Å². The molecule has 1 aliphatic heterocycles. The van der Waals surface area contributed by atoms with Crippen LogP contribution in [0.5, 0.6) is 11.5 Å². The number of thioether (sulfide) groups is 1. The summed E-state index contributed by atoms with van der Waals surface area (Å²) in [4.78, 5) is 17.5. The van der Waals surface area contributed by atoms with Gasteiger partial charge in [-0.3, -0.25) is 4.79 Å². The average molecular weight is 544 g/mol. The Morgan fingerprint density at radius 1 is 1.12 bits per heavy atom. The number of amides is 1. The molecule has 0 aromatic heterocycles. The summed E-state index contributed by atoms with van der Waals surface area (Å²) in [7, 11) is 1.55. The zero-order valence-electron chi connectivity index (χ0n) is 17.9. The first kappa shape index (κ1) is 23.4. The molecular weight excluding hydrogens is 524 g/mol. The van der Waals surface area contributed by atoms with Gasteiger partial charge < -0.3 is 14.8 Å². The molecule has 0 aliphatic carbocycles. The first-order valence-corrected chi connectivity index (χ1v) is 12.0. The van der Waals surface area contributed by atoms with Crippen molar-refractivity contribution in [1.82, 2.24) is 5.32 Å². The minimum absolute atomic E-state index is 0.212. The molecule has 4 rings (SSSR count). The molecule has 0 radical (unpaired) electrons. The Morgan fingerprint density at radius 3 is 2.55 bits per heavy atom. The van der Waals surface area contributed by atoms with Gasteiger partial charge in [-0.1, -0.05) is 57.4 Å². The summed E-state index contributed by atoms with van der Waals surface area (Å²) in [5.74, 6) is 0.731. The second kappa shape index (κ2) is 10.5. The molecule has 168 valence electrons. The number of halogens is 2.